The number of fused-ring (bicyclic) bond motifs is 1. The second kappa shape index (κ2) is 7.97. The van der Waals surface area contributed by atoms with E-state index in [0.29, 0.717) is 38.4 Å². The van der Waals surface area contributed by atoms with Crippen LogP contribution in [-0.2, 0) is 17.1 Å². The largest absolute Gasteiger partial charge is 0.416 e. The lowest BCUT2D eigenvalue weighted by Crippen LogP contribution is -2.37. The van der Waals surface area contributed by atoms with E-state index in [1.54, 1.807) is 4.90 Å². The van der Waals surface area contributed by atoms with Crippen molar-refractivity contribution in [2.24, 2.45) is 0 Å². The summed E-state index contributed by atoms with van der Waals surface area (Å²) in [5, 5.41) is 2.36. The SMILES string of the molecule is O=c1[nH]ccc2nc(N3CCOCC3)nc(Nc3cc(C(F)(F)F)cc(C(F)(F)F)c3)c12. The van der Waals surface area contributed by atoms with Crippen LogP contribution in [-0.4, -0.2) is 41.3 Å². The van der Waals surface area contributed by atoms with Crippen molar-refractivity contribution in [3.8, 4) is 0 Å². The molecule has 1 aromatic carbocycles. The zero-order valence-corrected chi connectivity index (χ0v) is 16.1. The Labute approximate surface area is 176 Å². The minimum absolute atomic E-state index is 0.0230. The van der Waals surface area contributed by atoms with E-state index >= 15 is 0 Å². The van der Waals surface area contributed by atoms with Gasteiger partial charge in [0.05, 0.1) is 29.9 Å². The summed E-state index contributed by atoms with van der Waals surface area (Å²) in [6, 6.07) is 2.53. The van der Waals surface area contributed by atoms with Crippen LogP contribution in [0.5, 0.6) is 0 Å². The first-order valence-electron chi connectivity index (χ1n) is 9.31. The molecule has 1 aliphatic rings. The molecule has 1 fully saturated rings. The zero-order valence-electron chi connectivity index (χ0n) is 16.1. The van der Waals surface area contributed by atoms with Crippen LogP contribution in [0.25, 0.3) is 10.9 Å². The molecule has 0 spiro atoms. The average Bonchev–Trinajstić information content (AvgIpc) is 2.73. The molecule has 0 unspecified atom stereocenters. The fourth-order valence-electron chi connectivity index (χ4n) is 3.24. The van der Waals surface area contributed by atoms with Crippen LogP contribution in [0.3, 0.4) is 0 Å². The number of rotatable bonds is 3. The number of ether oxygens (including phenoxy) is 1. The Morgan fingerprint density at radius 2 is 1.59 bits per heavy atom. The topological polar surface area (TPSA) is 83.1 Å². The first kappa shape index (κ1) is 21.9. The molecule has 2 N–H and O–H groups in total. The number of halogens is 6. The predicted molar refractivity (Wildman–Crippen MR) is 103 cm³/mol. The molecule has 0 atom stereocenters. The number of H-pyrrole nitrogens is 1. The molecule has 2 aromatic heterocycles. The predicted octanol–water partition coefficient (Wildman–Crippen LogP) is 3.94. The van der Waals surface area contributed by atoms with Gasteiger partial charge in [0, 0.05) is 25.0 Å². The van der Waals surface area contributed by atoms with E-state index in [1.807, 2.05) is 0 Å². The van der Waals surface area contributed by atoms with Crippen molar-refractivity contribution in [3.05, 3.63) is 51.9 Å². The van der Waals surface area contributed by atoms with E-state index in [2.05, 4.69) is 20.3 Å². The standard InChI is InChI=1S/C19H15F6N5O2/c20-18(21,22)10-7-11(19(23,24)25)9-12(8-10)27-15-14-13(1-2-26-16(14)31)28-17(29-15)30-3-5-32-6-4-30/h1-2,7-9H,3-6H2,(H,26,31)(H,27,28,29). The Morgan fingerprint density at radius 1 is 0.969 bits per heavy atom. The highest BCUT2D eigenvalue weighted by Gasteiger charge is 2.37. The highest BCUT2D eigenvalue weighted by atomic mass is 19.4. The average molecular weight is 459 g/mol. The first-order valence-corrected chi connectivity index (χ1v) is 9.31. The third-order valence-electron chi connectivity index (χ3n) is 4.75. The summed E-state index contributed by atoms with van der Waals surface area (Å²) in [6.45, 7) is 1.63. The van der Waals surface area contributed by atoms with Crippen LogP contribution in [0.15, 0.2) is 35.3 Å². The van der Waals surface area contributed by atoms with E-state index in [9.17, 15) is 31.1 Å². The van der Waals surface area contributed by atoms with Gasteiger partial charge in [-0.25, -0.2) is 4.98 Å². The quantitative estimate of drug-likeness (QED) is 0.578. The van der Waals surface area contributed by atoms with Crippen molar-refractivity contribution in [2.45, 2.75) is 12.4 Å². The Hall–Kier alpha value is -3.35. The summed E-state index contributed by atoms with van der Waals surface area (Å²) < 4.78 is 84.5. The van der Waals surface area contributed by atoms with Crippen LogP contribution < -0.4 is 15.8 Å². The van der Waals surface area contributed by atoms with Crippen LogP contribution in [0, 0.1) is 0 Å². The second-order valence-corrected chi connectivity index (χ2v) is 6.96. The molecule has 7 nitrogen and oxygen atoms in total. The van der Waals surface area contributed by atoms with Gasteiger partial charge in [0.1, 0.15) is 11.2 Å². The molecule has 0 aliphatic carbocycles. The maximum atomic E-state index is 13.2. The van der Waals surface area contributed by atoms with Gasteiger partial charge in [-0.15, -0.1) is 0 Å². The Kier molecular flexibility index (Phi) is 5.44. The molecule has 3 aromatic rings. The van der Waals surface area contributed by atoms with Crippen molar-refractivity contribution in [1.29, 1.82) is 0 Å². The lowest BCUT2D eigenvalue weighted by molar-refractivity contribution is -0.143. The smallest absolute Gasteiger partial charge is 0.378 e. The van der Waals surface area contributed by atoms with E-state index < -0.39 is 34.7 Å². The third kappa shape index (κ3) is 4.47. The second-order valence-electron chi connectivity index (χ2n) is 6.96. The Bertz CT molecular complexity index is 1170. The van der Waals surface area contributed by atoms with Gasteiger partial charge in [-0.1, -0.05) is 0 Å². The normalized spacial score (nSPS) is 15.2. The van der Waals surface area contributed by atoms with Crippen LogP contribution in [0.4, 0.5) is 43.8 Å². The number of anilines is 3. The number of pyridine rings is 1. The fourth-order valence-corrected chi connectivity index (χ4v) is 3.24. The van der Waals surface area contributed by atoms with Crippen LogP contribution >= 0.6 is 0 Å². The number of benzene rings is 1. The van der Waals surface area contributed by atoms with Gasteiger partial charge in [-0.3, -0.25) is 4.79 Å². The Balaban J connectivity index is 1.85. The number of aromatic nitrogens is 3. The number of hydrogen-bond donors (Lipinski definition) is 2. The van der Waals surface area contributed by atoms with Gasteiger partial charge < -0.3 is 19.9 Å². The van der Waals surface area contributed by atoms with E-state index in [0.717, 1.165) is 0 Å². The molecule has 0 radical (unpaired) electrons. The molecule has 0 bridgehead atoms. The van der Waals surface area contributed by atoms with Gasteiger partial charge in [-0.05, 0) is 24.3 Å². The van der Waals surface area contributed by atoms with E-state index in [-0.39, 0.29) is 28.7 Å². The fraction of sp³-hybridized carbons (Fsp3) is 0.316. The summed E-state index contributed by atoms with van der Waals surface area (Å²) >= 11 is 0. The van der Waals surface area contributed by atoms with Gasteiger partial charge in [0.25, 0.3) is 5.56 Å². The minimum Gasteiger partial charge on any atom is -0.378 e. The van der Waals surface area contributed by atoms with Gasteiger partial charge >= 0.3 is 12.4 Å². The number of hydrogen-bond acceptors (Lipinski definition) is 6. The van der Waals surface area contributed by atoms with Crippen molar-refractivity contribution >= 4 is 28.4 Å². The molecule has 3 heterocycles. The van der Waals surface area contributed by atoms with Crippen molar-refractivity contribution < 1.29 is 31.1 Å². The zero-order chi connectivity index (χ0) is 23.1. The van der Waals surface area contributed by atoms with Crippen LogP contribution in [0.2, 0.25) is 0 Å². The molecule has 1 aliphatic heterocycles. The molecule has 0 amide bonds. The summed E-state index contributed by atoms with van der Waals surface area (Å²) in [5.74, 6) is -0.0530. The maximum Gasteiger partial charge on any atom is 0.416 e. The van der Waals surface area contributed by atoms with Crippen molar-refractivity contribution in [3.63, 3.8) is 0 Å². The van der Waals surface area contributed by atoms with E-state index in [4.69, 9.17) is 4.74 Å². The molecule has 32 heavy (non-hydrogen) atoms. The first-order chi connectivity index (χ1) is 15.0. The van der Waals surface area contributed by atoms with E-state index in [1.165, 1.54) is 12.3 Å². The number of aromatic amines is 1. The number of nitrogens with one attached hydrogen (secondary N) is 2. The molecule has 0 saturated carbocycles. The van der Waals surface area contributed by atoms with Gasteiger partial charge in [-0.2, -0.15) is 31.3 Å². The maximum absolute atomic E-state index is 13.2. The van der Waals surface area contributed by atoms with Crippen molar-refractivity contribution in [1.82, 2.24) is 15.0 Å². The number of nitrogens with zero attached hydrogens (tertiary/aromatic N) is 3. The minimum atomic E-state index is -5.01. The molecule has 1 saturated heterocycles. The summed E-state index contributed by atoms with van der Waals surface area (Å²) in [4.78, 5) is 25.0. The molecule has 170 valence electrons. The summed E-state index contributed by atoms with van der Waals surface area (Å²) in [6.07, 6.45) is -8.69. The Morgan fingerprint density at radius 3 is 2.19 bits per heavy atom. The molecule has 13 heteroatoms. The monoisotopic (exact) mass is 459 g/mol. The molecule has 4 rings (SSSR count). The van der Waals surface area contributed by atoms with Crippen molar-refractivity contribution in [2.75, 3.05) is 36.5 Å². The molecular formula is C19H15F6N5O2. The highest BCUT2D eigenvalue weighted by Crippen LogP contribution is 2.38. The lowest BCUT2D eigenvalue weighted by Gasteiger charge is -2.27. The van der Waals surface area contributed by atoms with Gasteiger partial charge in [0.15, 0.2) is 0 Å². The number of morpholine rings is 1. The lowest BCUT2D eigenvalue weighted by atomic mass is 10.1. The highest BCUT2D eigenvalue weighted by molar-refractivity contribution is 5.91. The summed E-state index contributed by atoms with van der Waals surface area (Å²) in [7, 11) is 0. The van der Waals surface area contributed by atoms with Gasteiger partial charge in [0.2, 0.25) is 5.95 Å². The molecular weight excluding hydrogens is 444 g/mol. The summed E-state index contributed by atoms with van der Waals surface area (Å²) in [5.41, 5.74) is -3.98. The van der Waals surface area contributed by atoms with Crippen LogP contribution in [0.1, 0.15) is 11.1 Å². The third-order valence-corrected chi connectivity index (χ3v) is 4.75. The number of alkyl halides is 6.